The molecule has 5 heteroatoms. The lowest BCUT2D eigenvalue weighted by Crippen LogP contribution is -2.14. The zero-order valence-electron chi connectivity index (χ0n) is 9.98. The van der Waals surface area contributed by atoms with Crippen LogP contribution in [-0.4, -0.2) is 35.7 Å². The number of rotatable bonds is 6. The van der Waals surface area contributed by atoms with Crippen molar-refractivity contribution in [2.75, 3.05) is 19.4 Å². The second kappa shape index (κ2) is 7.24. The molecular formula is C12H18ClNO2S. The Kier molecular flexibility index (Phi) is 6.30. The highest BCUT2D eigenvalue weighted by molar-refractivity contribution is 7.99. The highest BCUT2D eigenvalue weighted by Crippen LogP contribution is 2.28. The van der Waals surface area contributed by atoms with E-state index in [2.05, 4.69) is 5.32 Å². The van der Waals surface area contributed by atoms with E-state index in [-0.39, 0.29) is 12.6 Å². The number of hydrogen-bond donors (Lipinski definition) is 3. The van der Waals surface area contributed by atoms with E-state index in [1.54, 1.807) is 0 Å². The Balaban J connectivity index is 2.68. The lowest BCUT2D eigenvalue weighted by Gasteiger charge is -2.14. The van der Waals surface area contributed by atoms with E-state index in [0.29, 0.717) is 5.75 Å². The van der Waals surface area contributed by atoms with E-state index in [4.69, 9.17) is 16.7 Å². The van der Waals surface area contributed by atoms with Gasteiger partial charge in [0, 0.05) is 21.7 Å². The van der Waals surface area contributed by atoms with Crippen molar-refractivity contribution < 1.29 is 10.2 Å². The Labute approximate surface area is 111 Å². The van der Waals surface area contributed by atoms with E-state index >= 15 is 0 Å². The molecule has 3 N–H and O–H groups in total. The third kappa shape index (κ3) is 4.48. The van der Waals surface area contributed by atoms with Gasteiger partial charge in [0.05, 0.1) is 12.7 Å². The monoisotopic (exact) mass is 275 g/mol. The van der Waals surface area contributed by atoms with E-state index in [0.717, 1.165) is 15.5 Å². The standard InChI is InChI=1S/C12H18ClNO2S/c1-8(14-2)11-4-3-10(5-12(11)13)17-7-9(16)6-15/h3-5,8-9,14-16H,6-7H2,1-2H3. The molecule has 0 saturated heterocycles. The maximum atomic E-state index is 9.26. The van der Waals surface area contributed by atoms with E-state index in [1.807, 2.05) is 32.2 Å². The Morgan fingerprint density at radius 2 is 2.18 bits per heavy atom. The highest BCUT2D eigenvalue weighted by Gasteiger charge is 2.09. The minimum atomic E-state index is -0.685. The molecule has 0 aliphatic carbocycles. The molecule has 0 spiro atoms. The number of nitrogens with one attached hydrogen (secondary N) is 1. The molecule has 1 aromatic rings. The predicted molar refractivity (Wildman–Crippen MR) is 72.7 cm³/mol. The minimum Gasteiger partial charge on any atom is -0.394 e. The summed E-state index contributed by atoms with van der Waals surface area (Å²) in [6.45, 7) is 1.83. The average Bonchev–Trinajstić information content (AvgIpc) is 2.35. The van der Waals surface area contributed by atoms with Crippen LogP contribution in [0.3, 0.4) is 0 Å². The van der Waals surface area contributed by atoms with Crippen LogP contribution in [0.15, 0.2) is 23.1 Å². The SMILES string of the molecule is CNC(C)c1ccc(SCC(O)CO)cc1Cl. The summed E-state index contributed by atoms with van der Waals surface area (Å²) in [6, 6.07) is 6.06. The minimum absolute atomic E-state index is 0.213. The van der Waals surface area contributed by atoms with Gasteiger partial charge < -0.3 is 15.5 Å². The maximum Gasteiger partial charge on any atom is 0.0864 e. The molecule has 2 unspecified atom stereocenters. The van der Waals surface area contributed by atoms with E-state index < -0.39 is 6.10 Å². The highest BCUT2D eigenvalue weighted by atomic mass is 35.5. The summed E-state index contributed by atoms with van der Waals surface area (Å²) in [7, 11) is 1.89. The summed E-state index contributed by atoms with van der Waals surface area (Å²) in [6.07, 6.45) is -0.685. The molecule has 1 aromatic carbocycles. The van der Waals surface area contributed by atoms with Gasteiger partial charge in [-0.05, 0) is 31.7 Å². The largest absolute Gasteiger partial charge is 0.394 e. The van der Waals surface area contributed by atoms with Crippen molar-refractivity contribution in [3.05, 3.63) is 28.8 Å². The van der Waals surface area contributed by atoms with Gasteiger partial charge in [-0.2, -0.15) is 0 Å². The number of aliphatic hydroxyl groups is 2. The van der Waals surface area contributed by atoms with E-state index in [1.165, 1.54) is 11.8 Å². The number of benzene rings is 1. The fourth-order valence-corrected chi connectivity index (χ4v) is 2.61. The third-order valence-corrected chi connectivity index (χ3v) is 3.99. The van der Waals surface area contributed by atoms with Crippen LogP contribution in [0.5, 0.6) is 0 Å². The second-order valence-corrected chi connectivity index (χ2v) is 5.34. The van der Waals surface area contributed by atoms with Crippen molar-refractivity contribution in [2.24, 2.45) is 0 Å². The summed E-state index contributed by atoms with van der Waals surface area (Å²) in [5.74, 6) is 0.466. The molecule has 0 bridgehead atoms. The van der Waals surface area contributed by atoms with Crippen molar-refractivity contribution in [1.29, 1.82) is 0 Å². The molecule has 1 rings (SSSR count). The average molecular weight is 276 g/mol. The molecule has 2 atom stereocenters. The first-order chi connectivity index (χ1) is 8.08. The lowest BCUT2D eigenvalue weighted by atomic mass is 10.1. The van der Waals surface area contributed by atoms with Crippen molar-refractivity contribution in [3.63, 3.8) is 0 Å². The quantitative estimate of drug-likeness (QED) is 0.696. The smallest absolute Gasteiger partial charge is 0.0864 e. The third-order valence-electron chi connectivity index (χ3n) is 2.52. The Morgan fingerprint density at radius 1 is 1.47 bits per heavy atom. The molecule has 0 aliphatic heterocycles. The van der Waals surface area contributed by atoms with Crippen LogP contribution in [0.25, 0.3) is 0 Å². The molecule has 0 saturated carbocycles. The van der Waals surface area contributed by atoms with Gasteiger partial charge in [0.15, 0.2) is 0 Å². The molecule has 0 heterocycles. The van der Waals surface area contributed by atoms with Gasteiger partial charge in [0.1, 0.15) is 0 Å². The van der Waals surface area contributed by atoms with Gasteiger partial charge in [-0.15, -0.1) is 11.8 Å². The number of thioether (sulfide) groups is 1. The van der Waals surface area contributed by atoms with Crippen molar-refractivity contribution in [2.45, 2.75) is 24.0 Å². The van der Waals surface area contributed by atoms with E-state index in [9.17, 15) is 5.11 Å². The predicted octanol–water partition coefficient (Wildman–Crippen LogP) is 2.07. The molecule has 3 nitrogen and oxygen atoms in total. The molecule has 0 fully saturated rings. The first-order valence-corrected chi connectivity index (χ1v) is 6.83. The fraction of sp³-hybridized carbons (Fsp3) is 0.500. The topological polar surface area (TPSA) is 52.5 Å². The normalized spacial score (nSPS) is 14.6. The molecule has 0 radical (unpaired) electrons. The number of aliphatic hydroxyl groups excluding tert-OH is 2. The van der Waals surface area contributed by atoms with Crippen LogP contribution in [0.4, 0.5) is 0 Å². The van der Waals surface area contributed by atoms with Gasteiger partial charge in [-0.25, -0.2) is 0 Å². The van der Waals surface area contributed by atoms with Gasteiger partial charge in [0.2, 0.25) is 0 Å². The Hall–Kier alpha value is -0.260. The summed E-state index contributed by atoms with van der Waals surface area (Å²) in [4.78, 5) is 0.995. The van der Waals surface area contributed by atoms with Crippen LogP contribution in [0.1, 0.15) is 18.5 Å². The van der Waals surface area contributed by atoms with Crippen molar-refractivity contribution in [3.8, 4) is 0 Å². The van der Waals surface area contributed by atoms with Crippen LogP contribution < -0.4 is 5.32 Å². The molecular weight excluding hydrogens is 258 g/mol. The maximum absolute atomic E-state index is 9.26. The Bertz CT molecular complexity index is 362. The second-order valence-electron chi connectivity index (χ2n) is 3.84. The van der Waals surface area contributed by atoms with Crippen LogP contribution >= 0.6 is 23.4 Å². The van der Waals surface area contributed by atoms with Crippen LogP contribution in [0.2, 0.25) is 5.02 Å². The van der Waals surface area contributed by atoms with Crippen LogP contribution in [-0.2, 0) is 0 Å². The van der Waals surface area contributed by atoms with Gasteiger partial charge >= 0.3 is 0 Å². The summed E-state index contributed by atoms with van der Waals surface area (Å²) in [5, 5.41) is 21.8. The zero-order chi connectivity index (χ0) is 12.8. The zero-order valence-corrected chi connectivity index (χ0v) is 11.6. The van der Waals surface area contributed by atoms with Crippen LogP contribution in [0, 0.1) is 0 Å². The molecule has 0 aliphatic rings. The number of halogens is 1. The molecule has 17 heavy (non-hydrogen) atoms. The van der Waals surface area contributed by atoms with Gasteiger partial charge in [-0.3, -0.25) is 0 Å². The Morgan fingerprint density at radius 3 is 2.71 bits per heavy atom. The summed E-state index contributed by atoms with van der Waals surface area (Å²) >= 11 is 7.67. The van der Waals surface area contributed by atoms with Crippen molar-refractivity contribution >= 4 is 23.4 Å². The fourth-order valence-electron chi connectivity index (χ4n) is 1.35. The van der Waals surface area contributed by atoms with Crippen molar-refractivity contribution in [1.82, 2.24) is 5.32 Å². The van der Waals surface area contributed by atoms with Gasteiger partial charge in [0.25, 0.3) is 0 Å². The molecule has 0 aromatic heterocycles. The van der Waals surface area contributed by atoms with Gasteiger partial charge in [-0.1, -0.05) is 17.7 Å². The molecule has 0 amide bonds. The summed E-state index contributed by atoms with van der Waals surface area (Å²) in [5.41, 5.74) is 1.06. The first-order valence-electron chi connectivity index (χ1n) is 5.47. The lowest BCUT2D eigenvalue weighted by molar-refractivity contribution is 0.113. The first kappa shape index (κ1) is 14.8. The summed E-state index contributed by atoms with van der Waals surface area (Å²) < 4.78 is 0. The molecule has 96 valence electrons. The number of hydrogen-bond acceptors (Lipinski definition) is 4.